The minimum Gasteiger partial charge on any atom is -0.476 e. The molecule has 0 fully saturated rings. The zero-order chi connectivity index (χ0) is 13.4. The fourth-order valence-electron chi connectivity index (χ4n) is 1.77. The van der Waals surface area contributed by atoms with Crippen LogP contribution < -0.4 is 0 Å². The van der Waals surface area contributed by atoms with Gasteiger partial charge in [0.25, 0.3) is 0 Å². The lowest BCUT2D eigenvalue weighted by atomic mass is 10.2. The molecule has 0 aliphatic rings. The second-order valence-corrected chi connectivity index (χ2v) is 4.82. The molecule has 0 saturated heterocycles. The first-order chi connectivity index (χ1) is 9.16. The molecular weight excluding hydrogens is 266 g/mol. The monoisotopic (exact) mass is 275 g/mol. The van der Waals surface area contributed by atoms with Crippen molar-refractivity contribution in [3.63, 3.8) is 0 Å². The molecule has 0 saturated carbocycles. The lowest BCUT2D eigenvalue weighted by Crippen LogP contribution is -1.98. The average Bonchev–Trinajstić information content (AvgIpc) is 3.07. The summed E-state index contributed by atoms with van der Waals surface area (Å²) in [7, 11) is 0. The van der Waals surface area contributed by atoms with E-state index in [0.717, 1.165) is 4.88 Å². The number of nitrogens with zero attached hydrogens (tertiary/aromatic N) is 1. The molecule has 0 aliphatic heterocycles. The van der Waals surface area contributed by atoms with Crippen LogP contribution >= 0.6 is 11.3 Å². The quantitative estimate of drug-likeness (QED) is 0.789. The second kappa shape index (κ2) is 4.40. The molecule has 3 aromatic rings. The number of hydrogen-bond donors (Lipinski definition) is 1. The third-order valence-electron chi connectivity index (χ3n) is 2.67. The summed E-state index contributed by atoms with van der Waals surface area (Å²) < 4.78 is 10.8. The molecule has 0 unspecified atom stereocenters. The number of oxazole rings is 1. The Labute approximate surface area is 112 Å². The summed E-state index contributed by atoms with van der Waals surface area (Å²) >= 11 is 1.44. The summed E-state index contributed by atoms with van der Waals surface area (Å²) in [5.74, 6) is 0.00341. The molecule has 0 aromatic carbocycles. The highest BCUT2D eigenvalue weighted by Gasteiger charge is 2.24. The first-order valence-electron chi connectivity index (χ1n) is 5.49. The molecule has 3 heterocycles. The highest BCUT2D eigenvalue weighted by molar-refractivity contribution is 7.13. The summed E-state index contributed by atoms with van der Waals surface area (Å²) in [6.45, 7) is 1.74. The van der Waals surface area contributed by atoms with E-state index in [1.54, 1.807) is 13.0 Å². The molecule has 19 heavy (non-hydrogen) atoms. The Morgan fingerprint density at radius 3 is 2.84 bits per heavy atom. The van der Waals surface area contributed by atoms with E-state index in [1.165, 1.54) is 17.6 Å². The number of aromatic carboxylic acids is 1. The molecule has 5 nitrogen and oxygen atoms in total. The number of aryl methyl sites for hydroxylation is 1. The number of carbonyl (C=O) groups is 1. The topological polar surface area (TPSA) is 76.5 Å². The van der Waals surface area contributed by atoms with Crippen LogP contribution in [0.25, 0.3) is 22.1 Å². The van der Waals surface area contributed by atoms with Gasteiger partial charge in [-0.15, -0.1) is 11.3 Å². The predicted octanol–water partition coefficient (Wildman–Crippen LogP) is 3.67. The van der Waals surface area contributed by atoms with Gasteiger partial charge in [0.1, 0.15) is 5.76 Å². The number of carboxylic acids is 1. The molecular formula is C13H9NO4S. The van der Waals surface area contributed by atoms with Crippen molar-refractivity contribution in [2.45, 2.75) is 6.92 Å². The van der Waals surface area contributed by atoms with Crippen molar-refractivity contribution in [3.05, 3.63) is 41.3 Å². The van der Waals surface area contributed by atoms with Crippen molar-refractivity contribution in [1.29, 1.82) is 0 Å². The molecule has 0 spiro atoms. The SMILES string of the molecule is Cc1occc1-c1oc(-c2cccs2)nc1C(=O)O. The number of hydrogen-bond acceptors (Lipinski definition) is 5. The van der Waals surface area contributed by atoms with Crippen LogP contribution in [-0.2, 0) is 0 Å². The van der Waals surface area contributed by atoms with E-state index < -0.39 is 5.97 Å². The van der Waals surface area contributed by atoms with Crippen LogP contribution in [0.2, 0.25) is 0 Å². The van der Waals surface area contributed by atoms with Gasteiger partial charge in [-0.2, -0.15) is 0 Å². The van der Waals surface area contributed by atoms with Crippen molar-refractivity contribution in [1.82, 2.24) is 4.98 Å². The molecule has 1 N–H and O–H groups in total. The maximum atomic E-state index is 11.3. The Balaban J connectivity index is 2.19. The summed E-state index contributed by atoms with van der Waals surface area (Å²) in [6.07, 6.45) is 1.49. The van der Waals surface area contributed by atoms with E-state index >= 15 is 0 Å². The van der Waals surface area contributed by atoms with Gasteiger partial charge in [0.15, 0.2) is 11.5 Å². The third kappa shape index (κ3) is 1.96. The van der Waals surface area contributed by atoms with Crippen LogP contribution in [0.3, 0.4) is 0 Å². The summed E-state index contributed by atoms with van der Waals surface area (Å²) in [4.78, 5) is 16.1. The number of thiophene rings is 1. The maximum Gasteiger partial charge on any atom is 0.358 e. The van der Waals surface area contributed by atoms with Crippen LogP contribution in [0.15, 0.2) is 38.7 Å². The Hall–Kier alpha value is -2.34. The molecule has 0 amide bonds. The van der Waals surface area contributed by atoms with Gasteiger partial charge < -0.3 is 13.9 Å². The smallest absolute Gasteiger partial charge is 0.358 e. The van der Waals surface area contributed by atoms with Crippen molar-refractivity contribution < 1.29 is 18.7 Å². The molecule has 6 heteroatoms. The molecule has 0 bridgehead atoms. The maximum absolute atomic E-state index is 11.3. The van der Waals surface area contributed by atoms with Crippen LogP contribution in [-0.4, -0.2) is 16.1 Å². The Kier molecular flexibility index (Phi) is 2.72. The average molecular weight is 275 g/mol. The van der Waals surface area contributed by atoms with Gasteiger partial charge in [-0.25, -0.2) is 9.78 Å². The normalized spacial score (nSPS) is 10.8. The zero-order valence-electron chi connectivity index (χ0n) is 9.91. The summed E-state index contributed by atoms with van der Waals surface area (Å²) in [6, 6.07) is 5.35. The Bertz CT molecular complexity index is 724. The molecule has 3 aromatic heterocycles. The first-order valence-corrected chi connectivity index (χ1v) is 6.37. The van der Waals surface area contributed by atoms with E-state index in [2.05, 4.69) is 4.98 Å². The largest absolute Gasteiger partial charge is 0.476 e. The first kappa shape index (κ1) is 11.7. The van der Waals surface area contributed by atoms with Crippen molar-refractivity contribution in [3.8, 4) is 22.1 Å². The van der Waals surface area contributed by atoms with Gasteiger partial charge in [0, 0.05) is 0 Å². The van der Waals surface area contributed by atoms with E-state index in [9.17, 15) is 9.90 Å². The molecule has 0 radical (unpaired) electrons. The van der Waals surface area contributed by atoms with Crippen molar-refractivity contribution >= 4 is 17.3 Å². The van der Waals surface area contributed by atoms with Gasteiger partial charge in [-0.3, -0.25) is 0 Å². The highest BCUT2D eigenvalue weighted by Crippen LogP contribution is 2.33. The fourth-order valence-corrected chi connectivity index (χ4v) is 2.42. The molecule has 0 aliphatic carbocycles. The van der Waals surface area contributed by atoms with Crippen LogP contribution in [0, 0.1) is 6.92 Å². The minimum absolute atomic E-state index is 0.104. The minimum atomic E-state index is -1.12. The third-order valence-corrected chi connectivity index (χ3v) is 3.52. The van der Waals surface area contributed by atoms with Gasteiger partial charge in [0.2, 0.25) is 5.89 Å². The van der Waals surface area contributed by atoms with Crippen LogP contribution in [0.1, 0.15) is 16.2 Å². The molecule has 96 valence electrons. The molecule has 3 rings (SSSR count). The Morgan fingerprint density at radius 2 is 2.26 bits per heavy atom. The fraction of sp³-hybridized carbons (Fsp3) is 0.0769. The number of aromatic nitrogens is 1. The zero-order valence-corrected chi connectivity index (χ0v) is 10.7. The van der Waals surface area contributed by atoms with E-state index in [4.69, 9.17) is 8.83 Å². The lowest BCUT2D eigenvalue weighted by molar-refractivity contribution is 0.0691. The molecule has 0 atom stereocenters. The highest BCUT2D eigenvalue weighted by atomic mass is 32.1. The summed E-state index contributed by atoms with van der Waals surface area (Å²) in [5, 5.41) is 11.1. The number of rotatable bonds is 3. The van der Waals surface area contributed by atoms with E-state index in [1.807, 2.05) is 17.5 Å². The predicted molar refractivity (Wildman–Crippen MR) is 69.2 cm³/mol. The van der Waals surface area contributed by atoms with Crippen molar-refractivity contribution in [2.24, 2.45) is 0 Å². The number of furan rings is 1. The van der Waals surface area contributed by atoms with Gasteiger partial charge in [0.05, 0.1) is 16.7 Å². The van der Waals surface area contributed by atoms with Crippen molar-refractivity contribution in [2.75, 3.05) is 0 Å². The van der Waals surface area contributed by atoms with E-state index in [-0.39, 0.29) is 11.5 Å². The standard InChI is InChI=1S/C13H9NO4S/c1-7-8(4-5-17-7)11-10(13(15)16)14-12(18-11)9-3-2-6-19-9/h2-6H,1H3,(H,15,16). The van der Waals surface area contributed by atoms with Crippen LogP contribution in [0.5, 0.6) is 0 Å². The van der Waals surface area contributed by atoms with Gasteiger partial charge in [-0.05, 0) is 24.4 Å². The Morgan fingerprint density at radius 1 is 1.42 bits per heavy atom. The van der Waals surface area contributed by atoms with Gasteiger partial charge >= 0.3 is 5.97 Å². The van der Waals surface area contributed by atoms with Gasteiger partial charge in [-0.1, -0.05) is 6.07 Å². The second-order valence-electron chi connectivity index (χ2n) is 3.87. The summed E-state index contributed by atoms with van der Waals surface area (Å²) in [5.41, 5.74) is 0.501. The number of carboxylic acid groups (broad SMARTS) is 1. The lowest BCUT2D eigenvalue weighted by Gasteiger charge is -1.94. The van der Waals surface area contributed by atoms with Crippen LogP contribution in [0.4, 0.5) is 0 Å². The van der Waals surface area contributed by atoms with E-state index in [0.29, 0.717) is 17.2 Å².